The number of halogens is 1. The maximum Gasteiger partial charge on any atom is 0.338 e. The summed E-state index contributed by atoms with van der Waals surface area (Å²) in [7, 11) is 5.89. The van der Waals surface area contributed by atoms with Crippen molar-refractivity contribution in [3.8, 4) is 0 Å². The Balaban J connectivity index is 2.96. The molecule has 0 aliphatic carbocycles. The Bertz CT molecular complexity index is 407. The molecule has 0 radical (unpaired) electrons. The van der Waals surface area contributed by atoms with Gasteiger partial charge in [0.25, 0.3) is 0 Å². The summed E-state index contributed by atoms with van der Waals surface area (Å²) in [6.45, 7) is 1.66. The first-order valence-electron chi connectivity index (χ1n) is 5.31. The van der Waals surface area contributed by atoms with Crippen LogP contribution in [0, 0.1) is 0 Å². The van der Waals surface area contributed by atoms with Gasteiger partial charge in [0, 0.05) is 24.6 Å². The molecular formula is C12H17BrN2O2. The summed E-state index contributed by atoms with van der Waals surface area (Å²) in [5.41, 5.74) is 1.04. The predicted octanol–water partition coefficient (Wildman–Crippen LogP) is 2.15. The predicted molar refractivity (Wildman–Crippen MR) is 72.9 cm³/mol. The van der Waals surface area contributed by atoms with E-state index in [1.807, 2.05) is 38.2 Å². The molecule has 0 unspecified atom stereocenters. The number of hydrogen-bond donors (Lipinski definition) is 1. The lowest BCUT2D eigenvalue weighted by atomic mass is 10.1. The van der Waals surface area contributed by atoms with Crippen molar-refractivity contribution in [2.24, 2.45) is 0 Å². The number of likely N-dealkylation sites (N-methyl/N-ethyl adjacent to an activating group) is 2. The Labute approximate surface area is 110 Å². The molecule has 0 aliphatic heterocycles. The molecule has 0 amide bonds. The second-order valence-electron chi connectivity index (χ2n) is 4.16. The zero-order valence-electron chi connectivity index (χ0n) is 10.3. The van der Waals surface area contributed by atoms with Crippen molar-refractivity contribution >= 4 is 27.6 Å². The van der Waals surface area contributed by atoms with Gasteiger partial charge in [-0.05, 0) is 42.2 Å². The minimum atomic E-state index is -0.913. The van der Waals surface area contributed by atoms with Crippen molar-refractivity contribution in [3.63, 3.8) is 0 Å². The number of anilines is 1. The van der Waals surface area contributed by atoms with Gasteiger partial charge in [-0.3, -0.25) is 0 Å². The molecule has 0 spiro atoms. The molecule has 1 rings (SSSR count). The highest BCUT2D eigenvalue weighted by atomic mass is 79.9. The normalized spacial score (nSPS) is 10.6. The lowest BCUT2D eigenvalue weighted by Gasteiger charge is -2.23. The van der Waals surface area contributed by atoms with Crippen LogP contribution in [0.15, 0.2) is 22.7 Å². The third kappa shape index (κ3) is 3.71. The van der Waals surface area contributed by atoms with Crippen LogP contribution in [-0.2, 0) is 0 Å². The van der Waals surface area contributed by atoms with Gasteiger partial charge in [0.2, 0.25) is 0 Å². The second-order valence-corrected chi connectivity index (χ2v) is 5.02. The Kier molecular flexibility index (Phi) is 4.96. The third-order valence-electron chi connectivity index (χ3n) is 2.50. The van der Waals surface area contributed by atoms with Gasteiger partial charge in [0.1, 0.15) is 0 Å². The highest BCUT2D eigenvalue weighted by molar-refractivity contribution is 9.10. The largest absolute Gasteiger partial charge is 0.478 e. The molecule has 0 bridgehead atoms. The standard InChI is InChI=1S/C12H17BrN2O2/c1-14(2)7-8-15(3)10-6-4-5-9(13)11(10)12(16)17/h4-6H,7-8H2,1-3H3,(H,16,17). The third-order valence-corrected chi connectivity index (χ3v) is 3.16. The van der Waals surface area contributed by atoms with Crippen LogP contribution in [0.4, 0.5) is 5.69 Å². The molecule has 17 heavy (non-hydrogen) atoms. The van der Waals surface area contributed by atoms with Gasteiger partial charge in [0.15, 0.2) is 0 Å². The van der Waals surface area contributed by atoms with Gasteiger partial charge in [-0.15, -0.1) is 0 Å². The fourth-order valence-electron chi connectivity index (χ4n) is 1.51. The summed E-state index contributed by atoms with van der Waals surface area (Å²) in [5, 5.41) is 9.21. The van der Waals surface area contributed by atoms with Gasteiger partial charge in [-0.1, -0.05) is 6.07 Å². The van der Waals surface area contributed by atoms with E-state index in [9.17, 15) is 9.90 Å². The number of carbonyl (C=O) groups is 1. The molecule has 0 aromatic heterocycles. The minimum Gasteiger partial charge on any atom is -0.478 e. The Morgan fingerprint density at radius 2 is 1.94 bits per heavy atom. The number of carboxylic acids is 1. The lowest BCUT2D eigenvalue weighted by Crippen LogP contribution is -2.29. The molecule has 0 atom stereocenters. The van der Waals surface area contributed by atoms with Crippen LogP contribution in [0.1, 0.15) is 10.4 Å². The molecule has 1 aromatic carbocycles. The summed E-state index contributed by atoms with van der Waals surface area (Å²) in [6, 6.07) is 5.41. The first-order chi connectivity index (χ1) is 7.93. The topological polar surface area (TPSA) is 43.8 Å². The van der Waals surface area contributed by atoms with Gasteiger partial charge in [0.05, 0.1) is 11.3 Å². The van der Waals surface area contributed by atoms with Crippen LogP contribution < -0.4 is 4.90 Å². The summed E-state index contributed by atoms with van der Waals surface area (Å²) >= 11 is 3.28. The fourth-order valence-corrected chi connectivity index (χ4v) is 2.04. The quantitative estimate of drug-likeness (QED) is 0.905. The summed E-state index contributed by atoms with van der Waals surface area (Å²) in [5.74, 6) is -0.913. The van der Waals surface area contributed by atoms with Crippen molar-refractivity contribution in [2.75, 3.05) is 39.1 Å². The number of benzene rings is 1. The number of carboxylic acid groups (broad SMARTS) is 1. The highest BCUT2D eigenvalue weighted by Gasteiger charge is 2.16. The molecule has 5 heteroatoms. The molecule has 4 nitrogen and oxygen atoms in total. The van der Waals surface area contributed by atoms with Gasteiger partial charge < -0.3 is 14.9 Å². The van der Waals surface area contributed by atoms with Crippen LogP contribution in [0.3, 0.4) is 0 Å². The van der Waals surface area contributed by atoms with E-state index in [1.54, 1.807) is 6.07 Å². The van der Waals surface area contributed by atoms with Crippen molar-refractivity contribution in [3.05, 3.63) is 28.2 Å². The average Bonchev–Trinajstić information content (AvgIpc) is 2.24. The lowest BCUT2D eigenvalue weighted by molar-refractivity contribution is 0.0696. The Morgan fingerprint density at radius 3 is 2.47 bits per heavy atom. The SMILES string of the molecule is CN(C)CCN(C)c1cccc(Br)c1C(=O)O. The zero-order valence-corrected chi connectivity index (χ0v) is 11.9. The van der Waals surface area contributed by atoms with E-state index in [4.69, 9.17) is 0 Å². The van der Waals surface area contributed by atoms with Crippen LogP contribution in [0.2, 0.25) is 0 Å². The van der Waals surface area contributed by atoms with E-state index in [-0.39, 0.29) is 0 Å². The summed E-state index contributed by atoms with van der Waals surface area (Å²) < 4.78 is 0.610. The molecule has 1 aromatic rings. The van der Waals surface area contributed by atoms with Crippen LogP contribution in [0.5, 0.6) is 0 Å². The molecular weight excluding hydrogens is 284 g/mol. The molecule has 0 saturated heterocycles. The summed E-state index contributed by atoms with van der Waals surface area (Å²) in [4.78, 5) is 15.2. The maximum atomic E-state index is 11.2. The molecule has 0 heterocycles. The molecule has 0 aliphatic rings. The number of hydrogen-bond acceptors (Lipinski definition) is 3. The molecule has 94 valence electrons. The average molecular weight is 301 g/mol. The number of nitrogens with zero attached hydrogens (tertiary/aromatic N) is 2. The number of aromatic carboxylic acids is 1. The van der Waals surface area contributed by atoms with E-state index >= 15 is 0 Å². The van der Waals surface area contributed by atoms with E-state index in [0.29, 0.717) is 10.0 Å². The minimum absolute atomic E-state index is 0.314. The smallest absolute Gasteiger partial charge is 0.338 e. The zero-order chi connectivity index (χ0) is 13.0. The van der Waals surface area contributed by atoms with Crippen molar-refractivity contribution in [1.82, 2.24) is 4.90 Å². The molecule has 0 fully saturated rings. The van der Waals surface area contributed by atoms with Crippen LogP contribution in [0.25, 0.3) is 0 Å². The van der Waals surface area contributed by atoms with Gasteiger partial charge >= 0.3 is 5.97 Å². The monoisotopic (exact) mass is 300 g/mol. The first kappa shape index (κ1) is 14.0. The van der Waals surface area contributed by atoms with Crippen LogP contribution >= 0.6 is 15.9 Å². The maximum absolute atomic E-state index is 11.2. The van der Waals surface area contributed by atoms with E-state index in [2.05, 4.69) is 20.8 Å². The second kappa shape index (κ2) is 6.02. The van der Waals surface area contributed by atoms with E-state index in [1.165, 1.54) is 0 Å². The van der Waals surface area contributed by atoms with Crippen molar-refractivity contribution in [1.29, 1.82) is 0 Å². The summed E-state index contributed by atoms with van der Waals surface area (Å²) in [6.07, 6.45) is 0. The Hall–Kier alpha value is -1.07. The number of rotatable bonds is 5. The molecule has 1 N–H and O–H groups in total. The van der Waals surface area contributed by atoms with Crippen LogP contribution in [-0.4, -0.2) is 50.2 Å². The molecule has 0 saturated carbocycles. The first-order valence-corrected chi connectivity index (χ1v) is 6.10. The Morgan fingerprint density at radius 1 is 1.29 bits per heavy atom. The van der Waals surface area contributed by atoms with E-state index in [0.717, 1.165) is 18.8 Å². The van der Waals surface area contributed by atoms with Gasteiger partial charge in [-0.25, -0.2) is 4.79 Å². The van der Waals surface area contributed by atoms with Gasteiger partial charge in [-0.2, -0.15) is 0 Å². The highest BCUT2D eigenvalue weighted by Crippen LogP contribution is 2.27. The fraction of sp³-hybridized carbons (Fsp3) is 0.417. The van der Waals surface area contributed by atoms with Crippen molar-refractivity contribution in [2.45, 2.75) is 0 Å². The van der Waals surface area contributed by atoms with E-state index < -0.39 is 5.97 Å². The van der Waals surface area contributed by atoms with Crippen molar-refractivity contribution < 1.29 is 9.90 Å².